The van der Waals surface area contributed by atoms with Gasteiger partial charge in [-0.3, -0.25) is 25.8 Å². The van der Waals surface area contributed by atoms with Gasteiger partial charge in [0.1, 0.15) is 11.5 Å². The molecule has 0 atom stereocenters. The van der Waals surface area contributed by atoms with Gasteiger partial charge in [0.15, 0.2) is 18.3 Å². The second-order valence-electron chi connectivity index (χ2n) is 5.35. The zero-order valence-corrected chi connectivity index (χ0v) is 16.9. The van der Waals surface area contributed by atoms with E-state index in [2.05, 4.69) is 32.1 Å². The molecule has 0 unspecified atom stereocenters. The third kappa shape index (κ3) is 7.63. The molecular formula is C18H18BrN3O4S. The Hall–Kier alpha value is -2.65. The molecule has 142 valence electrons. The van der Waals surface area contributed by atoms with Crippen LogP contribution in [0, 0.1) is 6.92 Å². The van der Waals surface area contributed by atoms with Crippen LogP contribution in [0.15, 0.2) is 53.0 Å². The van der Waals surface area contributed by atoms with Crippen molar-refractivity contribution in [1.82, 2.24) is 16.2 Å². The SMILES string of the molecule is Cc1cc(OCC(=O)NC(=S)NNC(=O)COc2ccccc2)ccc1Br. The van der Waals surface area contributed by atoms with E-state index in [9.17, 15) is 9.59 Å². The van der Waals surface area contributed by atoms with Gasteiger partial charge in [0.05, 0.1) is 0 Å². The predicted molar refractivity (Wildman–Crippen MR) is 108 cm³/mol. The number of thiocarbonyl (C=S) groups is 1. The molecule has 0 spiro atoms. The lowest BCUT2D eigenvalue weighted by Gasteiger charge is -2.12. The van der Waals surface area contributed by atoms with E-state index < -0.39 is 11.8 Å². The molecule has 0 aromatic heterocycles. The van der Waals surface area contributed by atoms with Crippen LogP contribution >= 0.6 is 28.1 Å². The van der Waals surface area contributed by atoms with Crippen LogP contribution in [0.5, 0.6) is 11.5 Å². The van der Waals surface area contributed by atoms with Crippen LogP contribution in [0.4, 0.5) is 0 Å². The molecular weight excluding hydrogens is 434 g/mol. The van der Waals surface area contributed by atoms with E-state index in [1.54, 1.807) is 36.4 Å². The fourth-order valence-electron chi connectivity index (χ4n) is 1.88. The van der Waals surface area contributed by atoms with Crippen LogP contribution in [0.25, 0.3) is 0 Å². The molecule has 7 nitrogen and oxygen atoms in total. The fourth-order valence-corrected chi connectivity index (χ4v) is 2.29. The van der Waals surface area contributed by atoms with Crippen molar-refractivity contribution in [3.8, 4) is 11.5 Å². The fraction of sp³-hybridized carbons (Fsp3) is 0.167. The molecule has 27 heavy (non-hydrogen) atoms. The van der Waals surface area contributed by atoms with E-state index in [-0.39, 0.29) is 18.3 Å². The maximum Gasteiger partial charge on any atom is 0.276 e. The van der Waals surface area contributed by atoms with Crippen LogP contribution in [0.3, 0.4) is 0 Å². The van der Waals surface area contributed by atoms with Crippen molar-refractivity contribution < 1.29 is 19.1 Å². The Morgan fingerprint density at radius 3 is 2.33 bits per heavy atom. The number of nitrogens with one attached hydrogen (secondary N) is 3. The summed E-state index contributed by atoms with van der Waals surface area (Å²) in [4.78, 5) is 23.5. The molecule has 0 radical (unpaired) electrons. The number of para-hydroxylation sites is 1. The number of hydrogen-bond donors (Lipinski definition) is 3. The molecule has 0 heterocycles. The smallest absolute Gasteiger partial charge is 0.276 e. The van der Waals surface area contributed by atoms with Gasteiger partial charge in [0.25, 0.3) is 11.8 Å². The molecule has 2 amide bonds. The highest BCUT2D eigenvalue weighted by Crippen LogP contribution is 2.21. The summed E-state index contributed by atoms with van der Waals surface area (Å²) in [6.45, 7) is 1.51. The number of aryl methyl sites for hydroxylation is 1. The van der Waals surface area contributed by atoms with E-state index in [0.29, 0.717) is 11.5 Å². The topological polar surface area (TPSA) is 88.7 Å². The summed E-state index contributed by atoms with van der Waals surface area (Å²) in [6.07, 6.45) is 0. The van der Waals surface area contributed by atoms with Gasteiger partial charge >= 0.3 is 0 Å². The summed E-state index contributed by atoms with van der Waals surface area (Å²) in [5.74, 6) is 0.236. The number of ether oxygens (including phenoxy) is 2. The highest BCUT2D eigenvalue weighted by molar-refractivity contribution is 9.10. The molecule has 0 saturated heterocycles. The third-order valence-corrected chi connectivity index (χ3v) is 4.27. The first-order chi connectivity index (χ1) is 12.9. The van der Waals surface area contributed by atoms with Crippen molar-refractivity contribution in [2.75, 3.05) is 13.2 Å². The first-order valence-corrected chi connectivity index (χ1v) is 9.09. The molecule has 0 fully saturated rings. The molecule has 2 aromatic carbocycles. The normalized spacial score (nSPS) is 9.85. The predicted octanol–water partition coefficient (Wildman–Crippen LogP) is 2.24. The number of rotatable bonds is 6. The van der Waals surface area contributed by atoms with Crippen molar-refractivity contribution in [3.05, 3.63) is 58.6 Å². The molecule has 0 bridgehead atoms. The molecule has 2 rings (SSSR count). The zero-order valence-electron chi connectivity index (χ0n) is 14.5. The van der Waals surface area contributed by atoms with Crippen molar-refractivity contribution >= 4 is 45.1 Å². The van der Waals surface area contributed by atoms with E-state index in [1.807, 2.05) is 19.1 Å². The Balaban J connectivity index is 1.64. The van der Waals surface area contributed by atoms with Crippen LogP contribution < -0.4 is 25.6 Å². The third-order valence-electron chi connectivity index (χ3n) is 3.18. The molecule has 0 aliphatic heterocycles. The lowest BCUT2D eigenvalue weighted by atomic mass is 10.2. The largest absolute Gasteiger partial charge is 0.484 e. The van der Waals surface area contributed by atoms with Crippen molar-refractivity contribution in [2.24, 2.45) is 0 Å². The van der Waals surface area contributed by atoms with Gasteiger partial charge in [0, 0.05) is 4.47 Å². The van der Waals surface area contributed by atoms with E-state index in [1.165, 1.54) is 0 Å². The van der Waals surface area contributed by atoms with Crippen LogP contribution in [0.1, 0.15) is 5.56 Å². The van der Waals surface area contributed by atoms with Gasteiger partial charge in [0.2, 0.25) is 0 Å². The maximum absolute atomic E-state index is 11.8. The number of carbonyl (C=O) groups is 2. The van der Waals surface area contributed by atoms with Crippen molar-refractivity contribution in [2.45, 2.75) is 6.92 Å². The Bertz CT molecular complexity index is 818. The van der Waals surface area contributed by atoms with Gasteiger partial charge in [-0.25, -0.2) is 0 Å². The molecule has 9 heteroatoms. The van der Waals surface area contributed by atoms with Crippen LogP contribution in [-0.4, -0.2) is 30.1 Å². The Kier molecular flexibility index (Phi) is 8.02. The van der Waals surface area contributed by atoms with Gasteiger partial charge in [-0.2, -0.15) is 0 Å². The molecule has 0 saturated carbocycles. The summed E-state index contributed by atoms with van der Waals surface area (Å²) < 4.78 is 11.6. The first kappa shape index (κ1) is 20.7. The molecule has 0 aliphatic carbocycles. The summed E-state index contributed by atoms with van der Waals surface area (Å²) in [5, 5.41) is 2.34. The van der Waals surface area contributed by atoms with E-state index in [4.69, 9.17) is 21.7 Å². The number of benzene rings is 2. The van der Waals surface area contributed by atoms with E-state index in [0.717, 1.165) is 10.0 Å². The quantitative estimate of drug-likeness (QED) is 0.460. The number of carbonyl (C=O) groups excluding carboxylic acids is 2. The standard InChI is InChI=1S/C18H18BrN3O4S/c1-12-9-14(7-8-15(12)19)26-10-16(23)20-18(27)22-21-17(24)11-25-13-5-3-2-4-6-13/h2-9H,10-11H2,1H3,(H,21,24)(H2,20,22,23,27). The lowest BCUT2D eigenvalue weighted by molar-refractivity contribution is -0.124. The number of halogens is 1. The van der Waals surface area contributed by atoms with Crippen molar-refractivity contribution in [3.63, 3.8) is 0 Å². The summed E-state index contributed by atoms with van der Waals surface area (Å²) in [7, 11) is 0. The maximum atomic E-state index is 11.8. The highest BCUT2D eigenvalue weighted by atomic mass is 79.9. The first-order valence-electron chi connectivity index (χ1n) is 7.89. The Morgan fingerprint density at radius 2 is 1.63 bits per heavy atom. The summed E-state index contributed by atoms with van der Waals surface area (Å²) >= 11 is 8.33. The minimum Gasteiger partial charge on any atom is -0.484 e. The number of hydrazine groups is 1. The van der Waals surface area contributed by atoms with Gasteiger partial charge in [-0.05, 0) is 55.0 Å². The molecule has 3 N–H and O–H groups in total. The average molecular weight is 452 g/mol. The van der Waals surface area contributed by atoms with Crippen LogP contribution in [0.2, 0.25) is 0 Å². The average Bonchev–Trinajstić information content (AvgIpc) is 2.66. The summed E-state index contributed by atoms with van der Waals surface area (Å²) in [6, 6.07) is 14.3. The lowest BCUT2D eigenvalue weighted by Crippen LogP contribution is -2.50. The zero-order chi connectivity index (χ0) is 19.6. The number of hydrogen-bond acceptors (Lipinski definition) is 5. The van der Waals surface area contributed by atoms with Gasteiger partial charge in [-0.1, -0.05) is 34.1 Å². The van der Waals surface area contributed by atoms with E-state index >= 15 is 0 Å². The highest BCUT2D eigenvalue weighted by Gasteiger charge is 2.08. The summed E-state index contributed by atoms with van der Waals surface area (Å²) in [5.41, 5.74) is 5.74. The Morgan fingerprint density at radius 1 is 0.963 bits per heavy atom. The second kappa shape index (κ2) is 10.5. The minimum absolute atomic E-state index is 0.0522. The Labute approximate surface area is 170 Å². The monoisotopic (exact) mass is 451 g/mol. The minimum atomic E-state index is -0.456. The van der Waals surface area contributed by atoms with Crippen molar-refractivity contribution in [1.29, 1.82) is 0 Å². The van der Waals surface area contributed by atoms with Gasteiger partial charge in [-0.15, -0.1) is 0 Å². The number of amides is 2. The van der Waals surface area contributed by atoms with Crippen LogP contribution in [-0.2, 0) is 9.59 Å². The molecule has 2 aromatic rings. The second-order valence-corrected chi connectivity index (χ2v) is 6.61. The van der Waals surface area contributed by atoms with Gasteiger partial charge < -0.3 is 9.47 Å². The molecule has 0 aliphatic rings.